The summed E-state index contributed by atoms with van der Waals surface area (Å²) in [6.45, 7) is 3.80. The maximum Gasteiger partial charge on any atom is 0.449 e. The van der Waals surface area contributed by atoms with E-state index in [2.05, 4.69) is 4.42 Å². The summed E-state index contributed by atoms with van der Waals surface area (Å²) in [5.41, 5.74) is -3.56. The van der Waals surface area contributed by atoms with E-state index in [0.717, 1.165) is 0 Å². The summed E-state index contributed by atoms with van der Waals surface area (Å²) in [7, 11) is 0. The minimum atomic E-state index is -4.94. The van der Waals surface area contributed by atoms with Gasteiger partial charge in [0.15, 0.2) is 0 Å². The topological polar surface area (TPSA) is 13.1 Å². The van der Waals surface area contributed by atoms with E-state index < -0.39 is 34.7 Å². The summed E-state index contributed by atoms with van der Waals surface area (Å²) >= 11 is 0. The quantitative estimate of drug-likeness (QED) is 0.620. The minimum absolute atomic E-state index is 0.114. The number of halogens is 6. The molecule has 1 nitrogen and oxygen atoms in total. The maximum atomic E-state index is 12.6. The molecule has 0 aliphatic rings. The fourth-order valence-electron chi connectivity index (χ4n) is 1.52. The van der Waals surface area contributed by atoms with Gasteiger partial charge in [-0.25, -0.2) is 0 Å². The predicted molar refractivity (Wildman–Crippen MR) is 47.4 cm³/mol. The van der Waals surface area contributed by atoms with Gasteiger partial charge in [-0.3, -0.25) is 0 Å². The zero-order valence-corrected chi connectivity index (χ0v) is 9.25. The highest BCUT2D eigenvalue weighted by Gasteiger charge is 2.47. The standard InChI is InChI=1S/C10H10F6O/c1-8(2,3)6-5(9(11,12)13)4-17-7(6)10(14,15)16/h4H,1-3H3. The van der Waals surface area contributed by atoms with E-state index in [1.807, 2.05) is 0 Å². The van der Waals surface area contributed by atoms with Gasteiger partial charge in [-0.15, -0.1) is 0 Å². The summed E-state index contributed by atoms with van der Waals surface area (Å²) in [6, 6.07) is 0. The van der Waals surface area contributed by atoms with Crippen LogP contribution in [0.4, 0.5) is 26.3 Å². The Morgan fingerprint density at radius 3 is 1.65 bits per heavy atom. The summed E-state index contributed by atoms with van der Waals surface area (Å²) in [4.78, 5) is 0. The molecule has 0 atom stereocenters. The molecule has 0 aliphatic heterocycles. The first-order valence-electron chi connectivity index (χ1n) is 4.61. The van der Waals surface area contributed by atoms with Crippen molar-refractivity contribution in [1.82, 2.24) is 0 Å². The van der Waals surface area contributed by atoms with E-state index in [-0.39, 0.29) is 6.26 Å². The van der Waals surface area contributed by atoms with Crippen LogP contribution in [0.5, 0.6) is 0 Å². The maximum absolute atomic E-state index is 12.6. The van der Waals surface area contributed by atoms with Crippen molar-refractivity contribution in [2.75, 3.05) is 0 Å². The molecule has 0 fully saturated rings. The fraction of sp³-hybridized carbons (Fsp3) is 0.600. The van der Waals surface area contributed by atoms with Gasteiger partial charge in [-0.2, -0.15) is 26.3 Å². The predicted octanol–water partition coefficient (Wildman–Crippen LogP) is 4.61. The van der Waals surface area contributed by atoms with Gasteiger partial charge in [-0.1, -0.05) is 20.8 Å². The van der Waals surface area contributed by atoms with E-state index in [4.69, 9.17) is 0 Å². The molecule has 1 rings (SSSR count). The van der Waals surface area contributed by atoms with Crippen LogP contribution in [0.25, 0.3) is 0 Å². The third-order valence-electron chi connectivity index (χ3n) is 2.10. The van der Waals surface area contributed by atoms with Crippen molar-refractivity contribution in [3.05, 3.63) is 23.2 Å². The Kier molecular flexibility index (Phi) is 3.01. The molecule has 17 heavy (non-hydrogen) atoms. The van der Waals surface area contributed by atoms with E-state index in [0.29, 0.717) is 0 Å². The van der Waals surface area contributed by atoms with E-state index in [1.165, 1.54) is 20.8 Å². The molecule has 0 N–H and O–H groups in total. The van der Waals surface area contributed by atoms with Crippen LogP contribution in [0, 0.1) is 0 Å². The molecule has 0 saturated carbocycles. The Morgan fingerprint density at radius 1 is 0.882 bits per heavy atom. The molecule has 1 aromatic heterocycles. The molecule has 0 bridgehead atoms. The molecule has 7 heteroatoms. The Bertz CT molecular complexity index is 372. The van der Waals surface area contributed by atoms with Crippen LogP contribution in [0.2, 0.25) is 0 Å². The second kappa shape index (κ2) is 3.68. The lowest BCUT2D eigenvalue weighted by atomic mass is 9.84. The molecule has 0 unspecified atom stereocenters. The smallest absolute Gasteiger partial charge is 0.449 e. The second-order valence-electron chi connectivity index (χ2n) is 4.60. The van der Waals surface area contributed by atoms with Crippen molar-refractivity contribution in [3.63, 3.8) is 0 Å². The number of hydrogen-bond acceptors (Lipinski definition) is 1. The Morgan fingerprint density at radius 2 is 1.35 bits per heavy atom. The van der Waals surface area contributed by atoms with E-state index in [1.54, 1.807) is 0 Å². The van der Waals surface area contributed by atoms with Crippen LogP contribution in [0.15, 0.2) is 10.7 Å². The highest BCUT2D eigenvalue weighted by Crippen LogP contribution is 2.45. The zero-order chi connectivity index (χ0) is 13.6. The minimum Gasteiger partial charge on any atom is -0.459 e. The van der Waals surface area contributed by atoms with Gasteiger partial charge in [0.1, 0.15) is 6.26 Å². The summed E-state index contributed by atoms with van der Waals surface area (Å²) in [6.07, 6.45) is -9.69. The lowest BCUT2D eigenvalue weighted by Crippen LogP contribution is -2.22. The van der Waals surface area contributed by atoms with Crippen LogP contribution < -0.4 is 0 Å². The van der Waals surface area contributed by atoms with E-state index in [9.17, 15) is 26.3 Å². The van der Waals surface area contributed by atoms with Crippen molar-refractivity contribution >= 4 is 0 Å². The molecule has 0 saturated heterocycles. The summed E-state index contributed by atoms with van der Waals surface area (Å²) in [5.74, 6) is -1.59. The molecule has 0 aromatic carbocycles. The van der Waals surface area contributed by atoms with Gasteiger partial charge in [0, 0.05) is 5.56 Å². The molecule has 1 aromatic rings. The Hall–Kier alpha value is -1.14. The number of hydrogen-bond donors (Lipinski definition) is 0. The summed E-state index contributed by atoms with van der Waals surface area (Å²) < 4.78 is 79.3. The summed E-state index contributed by atoms with van der Waals surface area (Å²) in [5, 5.41) is 0. The highest BCUT2D eigenvalue weighted by atomic mass is 19.4. The van der Waals surface area contributed by atoms with Crippen molar-refractivity contribution < 1.29 is 30.8 Å². The van der Waals surface area contributed by atoms with E-state index >= 15 is 0 Å². The lowest BCUT2D eigenvalue weighted by Gasteiger charge is -2.22. The average molecular weight is 260 g/mol. The van der Waals surface area contributed by atoms with Crippen LogP contribution in [-0.4, -0.2) is 0 Å². The second-order valence-corrected chi connectivity index (χ2v) is 4.60. The highest BCUT2D eigenvalue weighted by molar-refractivity contribution is 5.37. The molecule has 1 heterocycles. The normalized spacial score (nSPS) is 14.2. The van der Waals surface area contributed by atoms with Crippen LogP contribution >= 0.6 is 0 Å². The molecule has 0 aliphatic carbocycles. The van der Waals surface area contributed by atoms with Gasteiger partial charge >= 0.3 is 12.4 Å². The van der Waals surface area contributed by atoms with Crippen LogP contribution in [-0.2, 0) is 17.8 Å². The van der Waals surface area contributed by atoms with Crippen molar-refractivity contribution in [2.45, 2.75) is 38.5 Å². The monoisotopic (exact) mass is 260 g/mol. The fourth-order valence-corrected chi connectivity index (χ4v) is 1.52. The van der Waals surface area contributed by atoms with Crippen molar-refractivity contribution in [1.29, 1.82) is 0 Å². The van der Waals surface area contributed by atoms with Gasteiger partial charge < -0.3 is 4.42 Å². The number of alkyl halides is 6. The van der Waals surface area contributed by atoms with Gasteiger partial charge in [0.2, 0.25) is 5.76 Å². The van der Waals surface area contributed by atoms with Gasteiger partial charge in [-0.05, 0) is 5.41 Å². The molecule has 0 amide bonds. The largest absolute Gasteiger partial charge is 0.459 e. The number of rotatable bonds is 0. The van der Waals surface area contributed by atoms with Crippen molar-refractivity contribution in [2.24, 2.45) is 0 Å². The lowest BCUT2D eigenvalue weighted by molar-refractivity contribution is -0.154. The number of furan rings is 1. The average Bonchev–Trinajstić information content (AvgIpc) is 2.42. The molecule has 98 valence electrons. The Balaban J connectivity index is 3.53. The first-order chi connectivity index (χ1) is 7.35. The molecule has 0 radical (unpaired) electrons. The van der Waals surface area contributed by atoms with Crippen LogP contribution in [0.3, 0.4) is 0 Å². The Labute approximate surface area is 93.4 Å². The molecule has 0 spiro atoms. The third kappa shape index (κ3) is 2.76. The third-order valence-corrected chi connectivity index (χ3v) is 2.10. The van der Waals surface area contributed by atoms with Gasteiger partial charge in [0.05, 0.1) is 5.56 Å². The first kappa shape index (κ1) is 13.9. The molecular weight excluding hydrogens is 250 g/mol. The first-order valence-corrected chi connectivity index (χ1v) is 4.61. The molecular formula is C10H10F6O. The van der Waals surface area contributed by atoms with Crippen molar-refractivity contribution in [3.8, 4) is 0 Å². The van der Waals surface area contributed by atoms with Crippen LogP contribution in [0.1, 0.15) is 37.7 Å². The zero-order valence-electron chi connectivity index (χ0n) is 9.25. The SMILES string of the molecule is CC(C)(C)c1c(C(F)(F)F)coc1C(F)(F)F. The van der Waals surface area contributed by atoms with Gasteiger partial charge in [0.25, 0.3) is 0 Å².